The molecule has 0 bridgehead atoms. The van der Waals surface area contributed by atoms with Gasteiger partial charge >= 0.3 is 0 Å². The van der Waals surface area contributed by atoms with Crippen LogP contribution >= 0.6 is 23.5 Å². The number of halogens is 1. The number of piperazine rings is 1. The first-order valence-electron chi connectivity index (χ1n) is 19.8. The summed E-state index contributed by atoms with van der Waals surface area (Å²) in [7, 11) is 1.67. The molecule has 0 spiro atoms. The minimum Gasteiger partial charge on any atom is -0.497 e. The first kappa shape index (κ1) is 43.1. The van der Waals surface area contributed by atoms with Gasteiger partial charge in [0.2, 0.25) is 5.91 Å². The average Bonchev–Trinajstić information content (AvgIpc) is 3.71. The number of carbonyl (C=O) groups excluding carboxylic acids is 1. The van der Waals surface area contributed by atoms with Crippen LogP contribution in [0.3, 0.4) is 0 Å². The van der Waals surface area contributed by atoms with E-state index in [1.807, 2.05) is 62.2 Å². The summed E-state index contributed by atoms with van der Waals surface area (Å²) in [4.78, 5) is 21.5. The van der Waals surface area contributed by atoms with Crippen molar-refractivity contribution in [1.82, 2.24) is 25.1 Å². The lowest BCUT2D eigenvalue weighted by molar-refractivity contribution is -0.119. The normalized spacial score (nSPS) is 16.6. The van der Waals surface area contributed by atoms with Crippen molar-refractivity contribution in [1.29, 1.82) is 0 Å². The maximum atomic E-state index is 10.8. The summed E-state index contributed by atoms with van der Waals surface area (Å²) >= 11 is 7.88. The van der Waals surface area contributed by atoms with Crippen LogP contribution in [0, 0.1) is 20.8 Å². The molecule has 3 aliphatic rings. The highest BCUT2D eigenvalue weighted by atomic mass is 35.5. The zero-order valence-corrected chi connectivity index (χ0v) is 35.9. The van der Waals surface area contributed by atoms with E-state index in [-0.39, 0.29) is 12.1 Å². The number of nitrogens with one attached hydrogen (secondary N) is 2. The number of hydrogen-bond acceptors (Lipinski definition) is 13. The van der Waals surface area contributed by atoms with Crippen molar-refractivity contribution in [2.45, 2.75) is 52.1 Å². The van der Waals surface area contributed by atoms with Gasteiger partial charge in [-0.15, -0.1) is 0 Å². The van der Waals surface area contributed by atoms with Crippen LogP contribution in [0.15, 0.2) is 80.2 Å². The fourth-order valence-electron chi connectivity index (χ4n) is 6.98. The van der Waals surface area contributed by atoms with Gasteiger partial charge in [-0.25, -0.2) is 4.31 Å². The van der Waals surface area contributed by atoms with Gasteiger partial charge in [0.05, 0.1) is 50.6 Å². The third-order valence-electron chi connectivity index (χ3n) is 10.1. The van der Waals surface area contributed by atoms with Crippen molar-refractivity contribution in [2.24, 2.45) is 10.1 Å². The number of aromatic nitrogens is 1. The van der Waals surface area contributed by atoms with Gasteiger partial charge in [0, 0.05) is 79.4 Å². The first-order chi connectivity index (χ1) is 28.1. The third kappa shape index (κ3) is 11.4. The Bertz CT molecular complexity index is 2030. The van der Waals surface area contributed by atoms with Crippen LogP contribution in [0.4, 0.5) is 5.69 Å². The second-order valence-corrected chi connectivity index (χ2v) is 15.9. The van der Waals surface area contributed by atoms with E-state index >= 15 is 0 Å². The van der Waals surface area contributed by atoms with E-state index in [9.17, 15) is 4.79 Å². The molecule has 7 rings (SSSR count). The smallest absolute Gasteiger partial charge is 0.216 e. The summed E-state index contributed by atoms with van der Waals surface area (Å²) in [5, 5.41) is 12.0. The Morgan fingerprint density at radius 3 is 2.41 bits per heavy atom. The van der Waals surface area contributed by atoms with Gasteiger partial charge in [0.15, 0.2) is 5.84 Å². The minimum atomic E-state index is 0.000355. The molecular weight excluding hydrogens is 776 g/mol. The number of carbonyl (C=O) groups is 1. The van der Waals surface area contributed by atoms with E-state index in [4.69, 9.17) is 35.3 Å². The number of amidine groups is 1. The number of methoxy groups -OCH3 is 1. The molecule has 1 fully saturated rings. The second-order valence-electron chi connectivity index (χ2n) is 14.4. The van der Waals surface area contributed by atoms with Crippen molar-refractivity contribution in [3.63, 3.8) is 0 Å². The highest BCUT2D eigenvalue weighted by Gasteiger charge is 2.31. The molecule has 58 heavy (non-hydrogen) atoms. The summed E-state index contributed by atoms with van der Waals surface area (Å²) < 4.78 is 24.5. The molecule has 310 valence electrons. The van der Waals surface area contributed by atoms with Gasteiger partial charge in [0.25, 0.3) is 0 Å². The SMILES string of the molecule is CC(=O)NCCCOCCOCCN1CCN(Sc2cc(-c3c(C)noc3C)ccc2C)CC1.COc1ccc2c(c1)C(c1ccc(Cl)cc1)=NCC1=NNC(C)N12. The molecule has 1 unspecified atom stereocenters. The molecule has 2 N–H and O–H groups in total. The fraction of sp³-hybridized carbons (Fsp3) is 0.442. The lowest BCUT2D eigenvalue weighted by Gasteiger charge is -2.34. The Morgan fingerprint density at radius 1 is 0.966 bits per heavy atom. The molecule has 1 atom stereocenters. The van der Waals surface area contributed by atoms with Crippen LogP contribution in [0.2, 0.25) is 5.02 Å². The van der Waals surface area contributed by atoms with Crippen LogP contribution in [0.5, 0.6) is 5.75 Å². The summed E-state index contributed by atoms with van der Waals surface area (Å²) in [6.45, 7) is 18.6. The van der Waals surface area contributed by atoms with Gasteiger partial charge in [-0.3, -0.25) is 20.1 Å². The number of anilines is 1. The minimum absolute atomic E-state index is 0.000355. The summed E-state index contributed by atoms with van der Waals surface area (Å²) in [5.74, 6) is 2.58. The molecule has 3 aromatic carbocycles. The number of nitrogens with zero attached hydrogens (tertiary/aromatic N) is 6. The van der Waals surface area contributed by atoms with Crippen molar-refractivity contribution in [3.05, 3.63) is 93.8 Å². The Kier molecular flexibility index (Phi) is 15.6. The lowest BCUT2D eigenvalue weighted by Crippen LogP contribution is -2.44. The van der Waals surface area contributed by atoms with E-state index in [1.54, 1.807) is 7.11 Å². The summed E-state index contributed by atoms with van der Waals surface area (Å²) in [5.41, 5.74) is 11.6. The number of fused-ring (bicyclic) bond motifs is 3. The van der Waals surface area contributed by atoms with Crippen LogP contribution in [0.25, 0.3) is 11.1 Å². The van der Waals surface area contributed by atoms with Crippen LogP contribution in [-0.2, 0) is 14.3 Å². The second kappa shape index (κ2) is 21.0. The molecule has 1 amide bonds. The average molecular weight is 831 g/mol. The molecule has 0 saturated carbocycles. The number of hydrogen-bond donors (Lipinski definition) is 2. The van der Waals surface area contributed by atoms with E-state index < -0.39 is 0 Å². The number of benzene rings is 3. The number of ether oxygens (including phenoxy) is 3. The van der Waals surface area contributed by atoms with Crippen molar-refractivity contribution < 1.29 is 23.5 Å². The van der Waals surface area contributed by atoms with E-state index in [1.165, 1.54) is 17.4 Å². The van der Waals surface area contributed by atoms with Gasteiger partial charge < -0.3 is 29.0 Å². The standard InChI is InChI=1S/C25H38N4O4S.C18H17ClN4O/c1-19-6-7-23(25-20(2)27-33-21(25)3)18-24(19)34-29-11-9-28(10-12-29)13-15-32-17-16-31-14-5-8-26-22(4)30;1-11-21-22-17-10-20-18(12-3-5-13(19)6-4-12)15-9-14(24-2)7-8-16(15)23(11)17/h6-7,18H,5,8-17H2,1-4H3,(H,26,30);3-9,11,21H,10H2,1-2H3. The molecule has 0 aliphatic carbocycles. The molecule has 0 radical (unpaired) electrons. The predicted molar refractivity (Wildman–Crippen MR) is 232 cm³/mol. The van der Waals surface area contributed by atoms with Gasteiger partial charge in [-0.1, -0.05) is 41.0 Å². The Morgan fingerprint density at radius 2 is 1.71 bits per heavy atom. The third-order valence-corrected chi connectivity index (χ3v) is 11.6. The highest BCUT2D eigenvalue weighted by Crippen LogP contribution is 2.35. The van der Waals surface area contributed by atoms with E-state index in [0.717, 1.165) is 102 Å². The maximum absolute atomic E-state index is 10.8. The molecule has 13 nitrogen and oxygen atoms in total. The topological polar surface area (TPSA) is 129 Å². The Labute approximate surface area is 351 Å². The van der Waals surface area contributed by atoms with Crippen LogP contribution < -0.4 is 20.4 Å². The molecule has 4 heterocycles. The molecule has 1 saturated heterocycles. The number of aliphatic imine (C=N–C) groups is 1. The highest BCUT2D eigenvalue weighted by molar-refractivity contribution is 7.97. The number of amides is 1. The molecule has 15 heteroatoms. The summed E-state index contributed by atoms with van der Waals surface area (Å²) in [6.07, 6.45) is 0.915. The van der Waals surface area contributed by atoms with Gasteiger partial charge in [0.1, 0.15) is 17.7 Å². The molecular formula is C43H55ClN8O5S. The molecule has 1 aromatic heterocycles. The van der Waals surface area contributed by atoms with Crippen molar-refractivity contribution in [3.8, 4) is 16.9 Å². The molecule has 4 aromatic rings. The number of rotatable bonds is 15. The lowest BCUT2D eigenvalue weighted by atomic mass is 9.99. The Hall–Kier alpha value is -4.44. The summed E-state index contributed by atoms with van der Waals surface area (Å²) in [6, 6.07) is 20.4. The van der Waals surface area contributed by atoms with Crippen LogP contribution in [0.1, 0.15) is 48.4 Å². The molecule has 3 aliphatic heterocycles. The quantitative estimate of drug-likeness (QED) is 0.0979. The zero-order valence-electron chi connectivity index (χ0n) is 34.3. The van der Waals surface area contributed by atoms with Crippen molar-refractivity contribution in [2.75, 3.05) is 84.3 Å². The van der Waals surface area contributed by atoms with Crippen LogP contribution in [-0.4, -0.2) is 117 Å². The predicted octanol–water partition coefficient (Wildman–Crippen LogP) is 6.72. The maximum Gasteiger partial charge on any atom is 0.216 e. The fourth-order valence-corrected chi connectivity index (χ4v) is 8.12. The monoisotopic (exact) mass is 830 g/mol. The van der Waals surface area contributed by atoms with E-state index in [0.29, 0.717) is 37.9 Å². The first-order valence-corrected chi connectivity index (χ1v) is 21.0. The van der Waals surface area contributed by atoms with Gasteiger partial charge in [-0.2, -0.15) is 5.10 Å². The van der Waals surface area contributed by atoms with Gasteiger partial charge in [-0.05, 0) is 93.6 Å². The van der Waals surface area contributed by atoms with E-state index in [2.05, 4.69) is 73.2 Å². The number of aryl methyl sites for hydroxylation is 3. The zero-order chi connectivity index (χ0) is 41.0. The number of hydrazone groups is 1. The van der Waals surface area contributed by atoms with Crippen molar-refractivity contribution >= 4 is 46.7 Å². The largest absolute Gasteiger partial charge is 0.497 e. The Balaban J connectivity index is 0.000000206.